The third kappa shape index (κ3) is 4.20. The molecule has 108 valence electrons. The summed E-state index contributed by atoms with van der Waals surface area (Å²) in [5.41, 5.74) is -0.476. The Labute approximate surface area is 113 Å². The average Bonchev–Trinajstić information content (AvgIpc) is 2.34. The van der Waals surface area contributed by atoms with E-state index in [1.807, 2.05) is 0 Å². The quantitative estimate of drug-likeness (QED) is 0.771. The molecule has 5 nitrogen and oxygen atoms in total. The van der Waals surface area contributed by atoms with Crippen LogP contribution in [0.2, 0.25) is 0 Å². The van der Waals surface area contributed by atoms with E-state index in [2.05, 4.69) is 5.32 Å². The fraction of sp³-hybridized carbons (Fsp3) is 0.857. The van der Waals surface area contributed by atoms with E-state index in [9.17, 15) is 9.59 Å². The number of amides is 1. The number of hydrogen-bond acceptors (Lipinski definition) is 3. The first kappa shape index (κ1) is 14.3. The molecule has 2 fully saturated rings. The van der Waals surface area contributed by atoms with Crippen LogP contribution in [0.1, 0.15) is 57.8 Å². The van der Waals surface area contributed by atoms with Crippen molar-refractivity contribution in [3.05, 3.63) is 0 Å². The zero-order chi connectivity index (χ0) is 13.7. The van der Waals surface area contributed by atoms with Gasteiger partial charge in [-0.05, 0) is 44.9 Å². The van der Waals surface area contributed by atoms with Crippen LogP contribution in [0, 0.1) is 0 Å². The minimum absolute atomic E-state index is 0.0323. The molecule has 0 spiro atoms. The fourth-order valence-corrected chi connectivity index (χ4v) is 2.92. The Kier molecular flexibility index (Phi) is 4.80. The maximum absolute atomic E-state index is 11.9. The van der Waals surface area contributed by atoms with E-state index in [0.29, 0.717) is 6.42 Å². The molecule has 1 atom stereocenters. The first-order valence-electron chi connectivity index (χ1n) is 7.24. The number of aliphatic carboxylic acids is 1. The monoisotopic (exact) mass is 269 g/mol. The zero-order valence-corrected chi connectivity index (χ0v) is 11.3. The van der Waals surface area contributed by atoms with Gasteiger partial charge in [-0.3, -0.25) is 9.59 Å². The van der Waals surface area contributed by atoms with Crippen molar-refractivity contribution < 1.29 is 19.4 Å². The highest BCUT2D eigenvalue weighted by atomic mass is 16.5. The van der Waals surface area contributed by atoms with Crippen molar-refractivity contribution in [3.8, 4) is 0 Å². The van der Waals surface area contributed by atoms with Crippen molar-refractivity contribution in [3.63, 3.8) is 0 Å². The Morgan fingerprint density at radius 2 is 2.05 bits per heavy atom. The predicted molar refractivity (Wildman–Crippen MR) is 69.8 cm³/mol. The van der Waals surface area contributed by atoms with Gasteiger partial charge in [-0.25, -0.2) is 0 Å². The lowest BCUT2D eigenvalue weighted by Gasteiger charge is -2.41. The Morgan fingerprint density at radius 1 is 1.26 bits per heavy atom. The molecular weight excluding hydrogens is 246 g/mol. The number of carbonyl (C=O) groups is 2. The largest absolute Gasteiger partial charge is 0.481 e. The van der Waals surface area contributed by atoms with Crippen LogP contribution >= 0.6 is 0 Å². The van der Waals surface area contributed by atoms with Gasteiger partial charge < -0.3 is 15.2 Å². The van der Waals surface area contributed by atoms with Crippen molar-refractivity contribution >= 4 is 11.9 Å². The van der Waals surface area contributed by atoms with E-state index in [-0.39, 0.29) is 18.4 Å². The van der Waals surface area contributed by atoms with Crippen molar-refractivity contribution in [1.82, 2.24) is 5.32 Å². The van der Waals surface area contributed by atoms with Gasteiger partial charge in [0.15, 0.2) is 0 Å². The van der Waals surface area contributed by atoms with Crippen LogP contribution in [0.3, 0.4) is 0 Å². The fourth-order valence-electron chi connectivity index (χ4n) is 2.92. The van der Waals surface area contributed by atoms with E-state index >= 15 is 0 Å². The van der Waals surface area contributed by atoms with Crippen LogP contribution in [0.15, 0.2) is 0 Å². The molecule has 5 heteroatoms. The maximum Gasteiger partial charge on any atom is 0.305 e. The first-order valence-corrected chi connectivity index (χ1v) is 7.24. The van der Waals surface area contributed by atoms with Crippen molar-refractivity contribution in [2.24, 2.45) is 0 Å². The van der Waals surface area contributed by atoms with Crippen LogP contribution in [0.5, 0.6) is 0 Å². The second-order valence-corrected chi connectivity index (χ2v) is 5.78. The van der Waals surface area contributed by atoms with Gasteiger partial charge in [0, 0.05) is 13.0 Å². The van der Waals surface area contributed by atoms with Crippen molar-refractivity contribution in [2.45, 2.75) is 69.4 Å². The standard InChI is InChI=1S/C14H23NO4/c16-12(6-5-11-4-1-2-9-19-11)15-14(7-3-8-14)10-13(17)18/h11H,1-10H2,(H,15,16)(H,17,18). The summed E-state index contributed by atoms with van der Waals surface area (Å²) in [4.78, 5) is 22.7. The second kappa shape index (κ2) is 6.37. The number of ether oxygens (including phenoxy) is 1. The number of carboxylic acid groups (broad SMARTS) is 1. The molecule has 2 aliphatic rings. The molecule has 1 amide bonds. The van der Waals surface area contributed by atoms with Crippen LogP contribution in [0.4, 0.5) is 0 Å². The molecule has 1 unspecified atom stereocenters. The van der Waals surface area contributed by atoms with Gasteiger partial charge in [-0.1, -0.05) is 0 Å². The second-order valence-electron chi connectivity index (χ2n) is 5.78. The minimum Gasteiger partial charge on any atom is -0.481 e. The van der Waals surface area contributed by atoms with E-state index in [1.165, 1.54) is 6.42 Å². The van der Waals surface area contributed by atoms with E-state index < -0.39 is 11.5 Å². The number of hydrogen-bond donors (Lipinski definition) is 2. The van der Waals surface area contributed by atoms with Gasteiger partial charge in [0.05, 0.1) is 18.1 Å². The lowest BCUT2D eigenvalue weighted by Crippen LogP contribution is -2.54. The third-order valence-corrected chi connectivity index (χ3v) is 4.17. The van der Waals surface area contributed by atoms with Gasteiger partial charge in [0.2, 0.25) is 5.91 Å². The lowest BCUT2D eigenvalue weighted by molar-refractivity contribution is -0.140. The Balaban J connectivity index is 1.72. The highest BCUT2D eigenvalue weighted by Gasteiger charge is 2.40. The molecule has 1 aliphatic heterocycles. The highest BCUT2D eigenvalue weighted by molar-refractivity contribution is 5.78. The van der Waals surface area contributed by atoms with Gasteiger partial charge in [0.25, 0.3) is 0 Å². The summed E-state index contributed by atoms with van der Waals surface area (Å²) in [6.07, 6.45) is 7.32. The summed E-state index contributed by atoms with van der Waals surface area (Å²) in [6, 6.07) is 0. The molecule has 1 heterocycles. The van der Waals surface area contributed by atoms with Gasteiger partial charge in [-0.15, -0.1) is 0 Å². The topological polar surface area (TPSA) is 75.6 Å². The summed E-state index contributed by atoms with van der Waals surface area (Å²) in [5, 5.41) is 11.8. The van der Waals surface area contributed by atoms with Crippen molar-refractivity contribution in [2.75, 3.05) is 6.61 Å². The molecule has 19 heavy (non-hydrogen) atoms. The van der Waals surface area contributed by atoms with Gasteiger partial charge in [-0.2, -0.15) is 0 Å². The Bertz CT molecular complexity index is 332. The normalized spacial score (nSPS) is 25.4. The number of carboxylic acids is 1. The molecule has 1 saturated heterocycles. The maximum atomic E-state index is 11.9. The van der Waals surface area contributed by atoms with Crippen LogP contribution in [-0.2, 0) is 14.3 Å². The van der Waals surface area contributed by atoms with Crippen LogP contribution in [0.25, 0.3) is 0 Å². The Morgan fingerprint density at radius 3 is 2.58 bits per heavy atom. The minimum atomic E-state index is -0.837. The van der Waals surface area contributed by atoms with Crippen LogP contribution in [-0.4, -0.2) is 35.2 Å². The molecule has 1 saturated carbocycles. The molecule has 0 aromatic heterocycles. The molecule has 0 radical (unpaired) electrons. The Hall–Kier alpha value is -1.10. The molecule has 0 aromatic carbocycles. The number of carbonyl (C=O) groups excluding carboxylic acids is 1. The lowest BCUT2D eigenvalue weighted by atomic mass is 9.74. The molecular formula is C14H23NO4. The summed E-state index contributed by atoms with van der Waals surface area (Å²) in [6.45, 7) is 0.801. The third-order valence-electron chi connectivity index (χ3n) is 4.17. The number of nitrogens with one attached hydrogen (secondary N) is 1. The molecule has 2 rings (SSSR count). The summed E-state index contributed by atoms with van der Waals surface area (Å²) in [7, 11) is 0. The molecule has 1 aliphatic carbocycles. The van der Waals surface area contributed by atoms with Gasteiger partial charge in [0.1, 0.15) is 0 Å². The molecule has 0 bridgehead atoms. The van der Waals surface area contributed by atoms with E-state index in [0.717, 1.165) is 45.1 Å². The number of rotatable bonds is 6. The average molecular weight is 269 g/mol. The van der Waals surface area contributed by atoms with Crippen LogP contribution < -0.4 is 5.32 Å². The summed E-state index contributed by atoms with van der Waals surface area (Å²) >= 11 is 0. The predicted octanol–water partition coefficient (Wildman–Crippen LogP) is 1.85. The first-order chi connectivity index (χ1) is 9.10. The zero-order valence-electron chi connectivity index (χ0n) is 11.3. The van der Waals surface area contributed by atoms with Crippen molar-refractivity contribution in [1.29, 1.82) is 0 Å². The van der Waals surface area contributed by atoms with E-state index in [1.54, 1.807) is 0 Å². The molecule has 0 aromatic rings. The highest BCUT2D eigenvalue weighted by Crippen LogP contribution is 2.35. The van der Waals surface area contributed by atoms with Gasteiger partial charge >= 0.3 is 5.97 Å². The summed E-state index contributed by atoms with van der Waals surface area (Å²) < 4.78 is 5.59. The summed E-state index contributed by atoms with van der Waals surface area (Å²) in [5.74, 6) is -0.870. The van der Waals surface area contributed by atoms with E-state index in [4.69, 9.17) is 9.84 Å². The SMILES string of the molecule is O=C(O)CC1(NC(=O)CCC2CCCCO2)CCC1. The molecule has 2 N–H and O–H groups in total. The smallest absolute Gasteiger partial charge is 0.305 e.